The van der Waals surface area contributed by atoms with Crippen LogP contribution in [0.5, 0.6) is 0 Å². The smallest absolute Gasteiger partial charge is 0.0673 e. The maximum atomic E-state index is 6.01. The van der Waals surface area contributed by atoms with Crippen LogP contribution in [0.2, 0.25) is 0 Å². The SMILES string of the molecule is NC1(Cc2ccccc2)COC1. The van der Waals surface area contributed by atoms with Gasteiger partial charge in [-0.15, -0.1) is 0 Å². The van der Waals surface area contributed by atoms with Crippen LogP contribution in [0.4, 0.5) is 0 Å². The lowest BCUT2D eigenvalue weighted by Crippen LogP contribution is -2.58. The van der Waals surface area contributed by atoms with Crippen molar-refractivity contribution in [2.75, 3.05) is 13.2 Å². The van der Waals surface area contributed by atoms with Crippen molar-refractivity contribution in [2.24, 2.45) is 5.73 Å². The lowest BCUT2D eigenvalue weighted by molar-refractivity contribution is -0.0529. The largest absolute Gasteiger partial charge is 0.377 e. The van der Waals surface area contributed by atoms with E-state index in [2.05, 4.69) is 12.1 Å². The van der Waals surface area contributed by atoms with E-state index < -0.39 is 0 Å². The Balaban J connectivity index is 2.04. The van der Waals surface area contributed by atoms with Crippen LogP contribution in [-0.4, -0.2) is 18.8 Å². The lowest BCUT2D eigenvalue weighted by atomic mass is 9.90. The summed E-state index contributed by atoms with van der Waals surface area (Å²) in [5.74, 6) is 0. The minimum absolute atomic E-state index is 0.0959. The molecule has 2 nitrogen and oxygen atoms in total. The van der Waals surface area contributed by atoms with Gasteiger partial charge in [-0.3, -0.25) is 0 Å². The van der Waals surface area contributed by atoms with E-state index in [1.807, 2.05) is 18.2 Å². The highest BCUT2D eigenvalue weighted by atomic mass is 16.5. The predicted octanol–water partition coefficient (Wildman–Crippen LogP) is 0.957. The Morgan fingerprint density at radius 3 is 2.42 bits per heavy atom. The number of benzene rings is 1. The molecule has 0 aliphatic carbocycles. The van der Waals surface area contributed by atoms with Gasteiger partial charge in [-0.1, -0.05) is 30.3 Å². The lowest BCUT2D eigenvalue weighted by Gasteiger charge is -2.37. The van der Waals surface area contributed by atoms with E-state index in [-0.39, 0.29) is 5.54 Å². The molecule has 0 atom stereocenters. The van der Waals surface area contributed by atoms with E-state index in [0.717, 1.165) is 6.42 Å². The van der Waals surface area contributed by atoms with Crippen LogP contribution >= 0.6 is 0 Å². The van der Waals surface area contributed by atoms with Gasteiger partial charge in [0.1, 0.15) is 0 Å². The molecular weight excluding hydrogens is 150 g/mol. The summed E-state index contributed by atoms with van der Waals surface area (Å²) in [6.07, 6.45) is 0.924. The van der Waals surface area contributed by atoms with E-state index in [9.17, 15) is 0 Å². The molecule has 1 fully saturated rings. The summed E-state index contributed by atoms with van der Waals surface area (Å²) in [4.78, 5) is 0. The Kier molecular flexibility index (Phi) is 1.87. The van der Waals surface area contributed by atoms with Gasteiger partial charge >= 0.3 is 0 Å². The first-order valence-electron chi connectivity index (χ1n) is 4.19. The van der Waals surface area contributed by atoms with Crippen LogP contribution in [-0.2, 0) is 11.2 Å². The summed E-state index contributed by atoms with van der Waals surface area (Å²) < 4.78 is 5.09. The maximum Gasteiger partial charge on any atom is 0.0673 e. The molecule has 2 heteroatoms. The van der Waals surface area contributed by atoms with Crippen LogP contribution < -0.4 is 5.73 Å². The molecule has 1 aliphatic heterocycles. The maximum absolute atomic E-state index is 6.01. The van der Waals surface area contributed by atoms with Crippen molar-refractivity contribution in [1.29, 1.82) is 0 Å². The first kappa shape index (κ1) is 7.77. The summed E-state index contributed by atoms with van der Waals surface area (Å²) in [7, 11) is 0. The molecule has 1 saturated heterocycles. The van der Waals surface area contributed by atoms with E-state index >= 15 is 0 Å². The molecule has 1 heterocycles. The second-order valence-corrected chi connectivity index (χ2v) is 3.52. The summed E-state index contributed by atoms with van der Waals surface area (Å²) in [6.45, 7) is 1.39. The molecular formula is C10H13NO. The summed E-state index contributed by atoms with van der Waals surface area (Å²) in [5.41, 5.74) is 7.21. The molecule has 64 valence electrons. The second kappa shape index (κ2) is 2.88. The Morgan fingerprint density at radius 2 is 1.92 bits per heavy atom. The van der Waals surface area contributed by atoms with Crippen molar-refractivity contribution < 1.29 is 4.74 Å². The molecule has 0 saturated carbocycles. The second-order valence-electron chi connectivity index (χ2n) is 3.52. The van der Waals surface area contributed by atoms with E-state index in [4.69, 9.17) is 10.5 Å². The van der Waals surface area contributed by atoms with Crippen molar-refractivity contribution in [3.63, 3.8) is 0 Å². The fourth-order valence-corrected chi connectivity index (χ4v) is 1.47. The first-order chi connectivity index (χ1) is 5.79. The van der Waals surface area contributed by atoms with Gasteiger partial charge in [0.25, 0.3) is 0 Å². The standard InChI is InChI=1S/C10H13NO/c11-10(7-12-8-10)6-9-4-2-1-3-5-9/h1-5H,6-8,11H2. The highest BCUT2D eigenvalue weighted by Gasteiger charge is 2.33. The Labute approximate surface area is 72.3 Å². The summed E-state index contributed by atoms with van der Waals surface area (Å²) in [6, 6.07) is 10.3. The molecule has 12 heavy (non-hydrogen) atoms. The fraction of sp³-hybridized carbons (Fsp3) is 0.400. The Morgan fingerprint density at radius 1 is 1.25 bits per heavy atom. The molecule has 0 aromatic heterocycles. The number of rotatable bonds is 2. The molecule has 2 rings (SSSR count). The molecule has 0 spiro atoms. The van der Waals surface area contributed by atoms with Crippen LogP contribution in [0.25, 0.3) is 0 Å². The Bertz CT molecular complexity index is 254. The number of ether oxygens (including phenoxy) is 1. The van der Waals surface area contributed by atoms with E-state index in [1.54, 1.807) is 0 Å². The number of hydrogen-bond donors (Lipinski definition) is 1. The quantitative estimate of drug-likeness (QED) is 0.704. The van der Waals surface area contributed by atoms with Gasteiger partial charge in [-0.25, -0.2) is 0 Å². The van der Waals surface area contributed by atoms with Crippen LogP contribution in [0.1, 0.15) is 5.56 Å². The van der Waals surface area contributed by atoms with E-state index in [1.165, 1.54) is 5.56 Å². The normalized spacial score (nSPS) is 20.1. The van der Waals surface area contributed by atoms with Crippen molar-refractivity contribution in [3.05, 3.63) is 35.9 Å². The number of hydrogen-bond acceptors (Lipinski definition) is 2. The molecule has 0 amide bonds. The van der Waals surface area contributed by atoms with Gasteiger partial charge < -0.3 is 10.5 Å². The highest BCUT2D eigenvalue weighted by molar-refractivity contribution is 5.18. The van der Waals surface area contributed by atoms with Crippen LogP contribution in [0.15, 0.2) is 30.3 Å². The number of nitrogens with two attached hydrogens (primary N) is 1. The minimum Gasteiger partial charge on any atom is -0.377 e. The molecule has 0 unspecified atom stereocenters. The zero-order chi connectivity index (χ0) is 8.44. The average Bonchev–Trinajstić information content (AvgIpc) is 2.04. The third-order valence-corrected chi connectivity index (χ3v) is 2.18. The fourth-order valence-electron chi connectivity index (χ4n) is 1.47. The molecule has 1 aromatic carbocycles. The van der Waals surface area contributed by atoms with Gasteiger partial charge in [0.15, 0.2) is 0 Å². The van der Waals surface area contributed by atoms with Crippen molar-refractivity contribution in [3.8, 4) is 0 Å². The van der Waals surface area contributed by atoms with Crippen molar-refractivity contribution >= 4 is 0 Å². The van der Waals surface area contributed by atoms with Gasteiger partial charge in [0.05, 0.1) is 18.8 Å². The molecule has 1 aliphatic rings. The topological polar surface area (TPSA) is 35.2 Å². The molecule has 1 aromatic rings. The summed E-state index contributed by atoms with van der Waals surface area (Å²) >= 11 is 0. The molecule has 0 bridgehead atoms. The van der Waals surface area contributed by atoms with Crippen LogP contribution in [0, 0.1) is 0 Å². The average molecular weight is 163 g/mol. The van der Waals surface area contributed by atoms with Gasteiger partial charge in [-0.05, 0) is 12.0 Å². The van der Waals surface area contributed by atoms with E-state index in [0.29, 0.717) is 13.2 Å². The monoisotopic (exact) mass is 163 g/mol. The van der Waals surface area contributed by atoms with Gasteiger partial charge in [0.2, 0.25) is 0 Å². The predicted molar refractivity (Wildman–Crippen MR) is 47.9 cm³/mol. The van der Waals surface area contributed by atoms with Crippen molar-refractivity contribution in [2.45, 2.75) is 12.0 Å². The van der Waals surface area contributed by atoms with Gasteiger partial charge in [0, 0.05) is 0 Å². The minimum atomic E-state index is -0.0959. The molecule has 2 N–H and O–H groups in total. The third kappa shape index (κ3) is 1.49. The Hall–Kier alpha value is -0.860. The van der Waals surface area contributed by atoms with Gasteiger partial charge in [-0.2, -0.15) is 0 Å². The first-order valence-corrected chi connectivity index (χ1v) is 4.19. The third-order valence-electron chi connectivity index (χ3n) is 2.18. The zero-order valence-corrected chi connectivity index (χ0v) is 6.99. The highest BCUT2D eigenvalue weighted by Crippen LogP contribution is 2.18. The molecule has 0 radical (unpaired) electrons. The van der Waals surface area contributed by atoms with Crippen molar-refractivity contribution in [1.82, 2.24) is 0 Å². The zero-order valence-electron chi connectivity index (χ0n) is 6.99. The summed E-state index contributed by atoms with van der Waals surface area (Å²) in [5, 5.41) is 0. The van der Waals surface area contributed by atoms with Crippen LogP contribution in [0.3, 0.4) is 0 Å².